The van der Waals surface area contributed by atoms with Crippen LogP contribution in [-0.2, 0) is 4.84 Å². The first kappa shape index (κ1) is 13.4. The van der Waals surface area contributed by atoms with E-state index in [4.69, 9.17) is 4.84 Å². The van der Waals surface area contributed by atoms with Gasteiger partial charge in [-0.15, -0.1) is 0 Å². The maximum Gasteiger partial charge on any atom is 0.433 e. The Morgan fingerprint density at radius 1 is 1.44 bits per heavy atom. The Hall–Kier alpha value is -1.06. The molecule has 0 aliphatic heterocycles. The predicted molar refractivity (Wildman–Crippen MR) is 71.4 cm³/mol. The summed E-state index contributed by atoms with van der Waals surface area (Å²) >= 11 is 0. The van der Waals surface area contributed by atoms with Gasteiger partial charge in [0.1, 0.15) is 0 Å². The van der Waals surface area contributed by atoms with E-state index < -0.39 is 6.09 Å². The number of nitrogens with one attached hydrogen (secondary N) is 1. The number of hydrogen-bond acceptors (Lipinski definition) is 3. The number of rotatable bonds is 2. The lowest BCUT2D eigenvalue weighted by molar-refractivity contribution is 0.144. The maximum absolute atomic E-state index is 11.5. The fourth-order valence-electron chi connectivity index (χ4n) is 3.62. The number of amides is 1. The molecule has 0 aromatic heterocycles. The van der Waals surface area contributed by atoms with Crippen LogP contribution in [0.2, 0.25) is 0 Å². The van der Waals surface area contributed by atoms with Gasteiger partial charge in [0.2, 0.25) is 0 Å². The van der Waals surface area contributed by atoms with Gasteiger partial charge in [-0.1, -0.05) is 25.9 Å². The molecule has 0 unspecified atom stereocenters. The Kier molecular flexibility index (Phi) is 3.16. The van der Waals surface area contributed by atoms with Crippen LogP contribution in [0.15, 0.2) is 5.16 Å². The smallest absolute Gasteiger partial charge is 0.317 e. The van der Waals surface area contributed by atoms with Crippen molar-refractivity contribution in [3.63, 3.8) is 0 Å². The van der Waals surface area contributed by atoms with E-state index in [1.807, 2.05) is 13.8 Å². The molecular weight excluding hydrogens is 228 g/mol. The maximum atomic E-state index is 11.5. The minimum Gasteiger partial charge on any atom is -0.317 e. The van der Waals surface area contributed by atoms with E-state index in [1.165, 1.54) is 12.8 Å². The minimum atomic E-state index is -0.459. The molecule has 2 fully saturated rings. The summed E-state index contributed by atoms with van der Waals surface area (Å²) in [5.74, 6) is 0.679. The SMILES string of the molecule is CC(C)NC(=O)O/N=C1/C(C)(C)[C@H]2CC[C@@]1(C)C2. The van der Waals surface area contributed by atoms with Crippen molar-refractivity contribution in [2.45, 2.75) is 59.9 Å². The fourth-order valence-corrected chi connectivity index (χ4v) is 3.62. The topological polar surface area (TPSA) is 50.7 Å². The third-order valence-corrected chi connectivity index (χ3v) is 4.57. The Balaban J connectivity index is 2.10. The van der Waals surface area contributed by atoms with Crippen molar-refractivity contribution in [1.82, 2.24) is 5.32 Å². The standard InChI is InChI=1S/C14H24N2O2/c1-9(2)15-12(17)18-16-11-13(3,4)10-6-7-14(11,5)8-10/h9-10H,6-8H2,1-5H3,(H,15,17)/b16-11-/t10-,14-/m0/s1. The molecule has 2 aliphatic rings. The van der Waals surface area contributed by atoms with Crippen molar-refractivity contribution < 1.29 is 9.63 Å². The molecule has 0 saturated heterocycles. The molecular formula is C14H24N2O2. The summed E-state index contributed by atoms with van der Waals surface area (Å²) in [6.45, 7) is 10.5. The van der Waals surface area contributed by atoms with Crippen LogP contribution in [-0.4, -0.2) is 17.8 Å². The van der Waals surface area contributed by atoms with Crippen LogP contribution in [0.3, 0.4) is 0 Å². The highest BCUT2D eigenvalue weighted by atomic mass is 16.7. The largest absolute Gasteiger partial charge is 0.433 e. The van der Waals surface area contributed by atoms with E-state index in [0.29, 0.717) is 5.92 Å². The second-order valence-corrected chi connectivity index (χ2v) is 6.84. The summed E-state index contributed by atoms with van der Waals surface area (Å²) in [7, 11) is 0. The van der Waals surface area contributed by atoms with Crippen LogP contribution >= 0.6 is 0 Å². The van der Waals surface area contributed by atoms with E-state index >= 15 is 0 Å². The zero-order valence-electron chi connectivity index (χ0n) is 12.0. The Morgan fingerprint density at radius 3 is 2.61 bits per heavy atom. The second-order valence-electron chi connectivity index (χ2n) is 6.84. The summed E-state index contributed by atoms with van der Waals surface area (Å²) in [5, 5.41) is 6.87. The first-order chi connectivity index (χ1) is 8.25. The van der Waals surface area contributed by atoms with Crippen LogP contribution in [0, 0.1) is 16.7 Å². The van der Waals surface area contributed by atoms with Crippen molar-refractivity contribution in [1.29, 1.82) is 0 Å². The second kappa shape index (κ2) is 4.25. The molecule has 0 aromatic carbocycles. The van der Waals surface area contributed by atoms with Crippen molar-refractivity contribution in [3.8, 4) is 0 Å². The van der Waals surface area contributed by atoms with Crippen LogP contribution in [0.4, 0.5) is 4.79 Å². The molecule has 0 aromatic rings. The lowest BCUT2D eigenvalue weighted by atomic mass is 9.71. The third kappa shape index (κ3) is 2.13. The highest BCUT2D eigenvalue weighted by Gasteiger charge is 2.57. The van der Waals surface area contributed by atoms with Crippen molar-refractivity contribution in [2.75, 3.05) is 0 Å². The first-order valence-electron chi connectivity index (χ1n) is 6.82. The average molecular weight is 252 g/mol. The van der Waals surface area contributed by atoms with Crippen molar-refractivity contribution in [2.24, 2.45) is 21.9 Å². The highest BCUT2D eigenvalue weighted by Crippen LogP contribution is 2.60. The zero-order chi connectivity index (χ0) is 13.6. The van der Waals surface area contributed by atoms with Gasteiger partial charge in [0.25, 0.3) is 0 Å². The van der Waals surface area contributed by atoms with Crippen LogP contribution in [0.1, 0.15) is 53.9 Å². The summed E-state index contributed by atoms with van der Waals surface area (Å²) < 4.78 is 0. The predicted octanol–water partition coefficient (Wildman–Crippen LogP) is 3.32. The number of carbonyl (C=O) groups excluding carboxylic acids is 1. The van der Waals surface area contributed by atoms with E-state index in [-0.39, 0.29) is 16.9 Å². The van der Waals surface area contributed by atoms with E-state index in [9.17, 15) is 4.79 Å². The Labute approximate surface area is 109 Å². The van der Waals surface area contributed by atoms with Gasteiger partial charge in [0, 0.05) is 16.9 Å². The molecule has 2 atom stereocenters. The molecule has 4 heteroatoms. The van der Waals surface area contributed by atoms with Crippen molar-refractivity contribution in [3.05, 3.63) is 0 Å². The molecule has 2 bridgehead atoms. The highest BCUT2D eigenvalue weighted by molar-refractivity contribution is 5.97. The van der Waals surface area contributed by atoms with Crippen LogP contribution in [0.5, 0.6) is 0 Å². The first-order valence-corrected chi connectivity index (χ1v) is 6.82. The number of nitrogens with zero attached hydrogens (tertiary/aromatic N) is 1. The van der Waals surface area contributed by atoms with Crippen LogP contribution in [0.25, 0.3) is 0 Å². The molecule has 2 aliphatic carbocycles. The quantitative estimate of drug-likeness (QED) is 0.605. The Morgan fingerprint density at radius 2 is 2.11 bits per heavy atom. The monoisotopic (exact) mass is 252 g/mol. The van der Waals surface area contributed by atoms with Crippen molar-refractivity contribution >= 4 is 11.8 Å². The van der Waals surface area contributed by atoms with Gasteiger partial charge in [-0.3, -0.25) is 4.84 Å². The number of carbonyl (C=O) groups is 1. The van der Waals surface area contributed by atoms with Gasteiger partial charge in [-0.05, 0) is 39.0 Å². The zero-order valence-corrected chi connectivity index (χ0v) is 12.0. The summed E-state index contributed by atoms with van der Waals surface area (Å²) in [6.07, 6.45) is 3.14. The van der Waals surface area contributed by atoms with Gasteiger partial charge >= 0.3 is 6.09 Å². The van der Waals surface area contributed by atoms with Gasteiger partial charge in [-0.2, -0.15) is 0 Å². The molecule has 0 spiro atoms. The van der Waals surface area contributed by atoms with E-state index in [0.717, 1.165) is 12.1 Å². The molecule has 2 saturated carbocycles. The van der Waals surface area contributed by atoms with E-state index in [1.54, 1.807) is 0 Å². The fraction of sp³-hybridized carbons (Fsp3) is 0.857. The molecule has 0 heterocycles. The molecule has 0 radical (unpaired) electrons. The molecule has 1 amide bonds. The van der Waals surface area contributed by atoms with Gasteiger partial charge in [0.15, 0.2) is 0 Å². The molecule has 1 N–H and O–H groups in total. The molecule has 18 heavy (non-hydrogen) atoms. The van der Waals surface area contributed by atoms with E-state index in [2.05, 4.69) is 31.2 Å². The Bertz CT molecular complexity index is 381. The number of fused-ring (bicyclic) bond motifs is 2. The summed E-state index contributed by atoms with van der Waals surface area (Å²) in [6, 6.07) is 0.0707. The van der Waals surface area contributed by atoms with Gasteiger partial charge in [-0.25, -0.2) is 4.79 Å². The third-order valence-electron chi connectivity index (χ3n) is 4.57. The minimum absolute atomic E-state index is 0.0606. The van der Waals surface area contributed by atoms with Crippen LogP contribution < -0.4 is 5.32 Å². The summed E-state index contributed by atoms with van der Waals surface area (Å²) in [4.78, 5) is 16.5. The summed E-state index contributed by atoms with van der Waals surface area (Å²) in [5.41, 5.74) is 1.25. The average Bonchev–Trinajstić information content (AvgIpc) is 2.67. The molecule has 4 nitrogen and oxygen atoms in total. The number of hydrogen-bond donors (Lipinski definition) is 1. The number of oxime groups is 1. The normalized spacial score (nSPS) is 35.2. The lowest BCUT2D eigenvalue weighted by Gasteiger charge is -2.34. The lowest BCUT2D eigenvalue weighted by Crippen LogP contribution is -2.37. The van der Waals surface area contributed by atoms with Gasteiger partial charge in [0.05, 0.1) is 5.71 Å². The molecule has 2 rings (SSSR count). The molecule has 102 valence electrons. The van der Waals surface area contributed by atoms with Gasteiger partial charge < -0.3 is 5.32 Å².